The van der Waals surface area contributed by atoms with Crippen LogP contribution >= 0.6 is 0 Å². The Morgan fingerprint density at radius 2 is 2.00 bits per heavy atom. The molecular weight excluding hydrogens is 302 g/mol. The number of fused-ring (bicyclic) bond motifs is 1. The van der Waals surface area contributed by atoms with Gasteiger partial charge in [0, 0.05) is 18.9 Å². The van der Waals surface area contributed by atoms with Gasteiger partial charge in [0.05, 0.1) is 23.2 Å². The molecule has 0 unspecified atom stereocenters. The number of amides is 1. The topological polar surface area (TPSA) is 79.4 Å². The highest BCUT2D eigenvalue weighted by atomic mass is 32.2. The van der Waals surface area contributed by atoms with Crippen LogP contribution in [0.1, 0.15) is 11.1 Å². The minimum Gasteiger partial charge on any atom is -0.315 e. The van der Waals surface area contributed by atoms with Crippen LogP contribution in [-0.4, -0.2) is 26.4 Å². The van der Waals surface area contributed by atoms with E-state index in [4.69, 9.17) is 0 Å². The number of aromatic nitrogens is 1. The molecule has 1 aromatic heterocycles. The summed E-state index contributed by atoms with van der Waals surface area (Å²) in [6.07, 6.45) is 3.32. The first kappa shape index (κ1) is 14.5. The number of likely N-dealkylation sites (N-methyl/N-ethyl adjacent to an activating group) is 1. The quantitative estimate of drug-likeness (QED) is 0.934. The second-order valence-electron chi connectivity index (χ2n) is 5.28. The molecule has 0 aliphatic carbocycles. The lowest BCUT2D eigenvalue weighted by Crippen LogP contribution is -2.20. The number of sulfonamides is 1. The molecule has 0 atom stereocenters. The molecule has 0 fully saturated rings. The van der Waals surface area contributed by atoms with Gasteiger partial charge in [0.25, 0.3) is 10.0 Å². The fourth-order valence-electron chi connectivity index (χ4n) is 2.44. The van der Waals surface area contributed by atoms with Gasteiger partial charge in [-0.2, -0.15) is 0 Å². The molecule has 7 heteroatoms. The number of hydrogen-bond acceptors (Lipinski definition) is 4. The van der Waals surface area contributed by atoms with Crippen molar-refractivity contribution in [2.24, 2.45) is 0 Å². The van der Waals surface area contributed by atoms with Crippen LogP contribution in [0.25, 0.3) is 0 Å². The van der Waals surface area contributed by atoms with E-state index in [1.54, 1.807) is 31.4 Å². The largest absolute Gasteiger partial charge is 0.315 e. The van der Waals surface area contributed by atoms with E-state index < -0.39 is 10.0 Å². The second kappa shape index (κ2) is 5.10. The van der Waals surface area contributed by atoms with Crippen LogP contribution in [0.2, 0.25) is 0 Å². The zero-order chi connectivity index (χ0) is 15.9. The maximum Gasteiger partial charge on any atom is 0.261 e. The summed E-state index contributed by atoms with van der Waals surface area (Å²) in [6, 6.07) is 6.40. The zero-order valence-corrected chi connectivity index (χ0v) is 13.0. The van der Waals surface area contributed by atoms with Crippen molar-refractivity contribution < 1.29 is 13.2 Å². The van der Waals surface area contributed by atoms with Crippen molar-refractivity contribution in [2.45, 2.75) is 18.2 Å². The number of hydrogen-bond donors (Lipinski definition) is 1. The number of nitrogens with zero attached hydrogens (tertiary/aromatic N) is 2. The van der Waals surface area contributed by atoms with Gasteiger partial charge in [0.2, 0.25) is 5.91 Å². The molecule has 1 N–H and O–H groups in total. The van der Waals surface area contributed by atoms with Crippen molar-refractivity contribution >= 4 is 27.3 Å². The maximum absolute atomic E-state index is 12.4. The van der Waals surface area contributed by atoms with Crippen molar-refractivity contribution in [2.75, 3.05) is 16.7 Å². The minimum atomic E-state index is -3.71. The lowest BCUT2D eigenvalue weighted by molar-refractivity contribution is -0.117. The summed E-state index contributed by atoms with van der Waals surface area (Å²) in [7, 11) is -2.03. The molecule has 6 nitrogen and oxygen atoms in total. The van der Waals surface area contributed by atoms with Gasteiger partial charge in [-0.05, 0) is 42.3 Å². The number of aryl methyl sites for hydroxylation is 1. The summed E-state index contributed by atoms with van der Waals surface area (Å²) < 4.78 is 27.4. The Kier molecular flexibility index (Phi) is 3.37. The van der Waals surface area contributed by atoms with Gasteiger partial charge in [-0.1, -0.05) is 0 Å². The van der Waals surface area contributed by atoms with Crippen LogP contribution in [-0.2, 0) is 21.2 Å². The molecule has 22 heavy (non-hydrogen) atoms. The monoisotopic (exact) mass is 317 g/mol. The van der Waals surface area contributed by atoms with E-state index in [1.807, 2.05) is 6.92 Å². The summed E-state index contributed by atoms with van der Waals surface area (Å²) in [5, 5.41) is 0. The summed E-state index contributed by atoms with van der Waals surface area (Å²) in [4.78, 5) is 17.3. The normalized spacial score (nSPS) is 14.1. The van der Waals surface area contributed by atoms with Crippen LogP contribution in [0.4, 0.5) is 11.4 Å². The first-order valence-electron chi connectivity index (χ1n) is 6.71. The number of benzene rings is 1. The van der Waals surface area contributed by atoms with Gasteiger partial charge in [0.15, 0.2) is 0 Å². The van der Waals surface area contributed by atoms with Crippen molar-refractivity contribution in [1.82, 2.24) is 4.98 Å². The number of rotatable bonds is 3. The lowest BCUT2D eigenvalue weighted by Gasteiger charge is -2.12. The smallest absolute Gasteiger partial charge is 0.261 e. The van der Waals surface area contributed by atoms with Crippen LogP contribution in [0.3, 0.4) is 0 Å². The average molecular weight is 317 g/mol. The first-order chi connectivity index (χ1) is 10.4. The summed E-state index contributed by atoms with van der Waals surface area (Å²) in [5.74, 6) is -0.0413. The van der Waals surface area contributed by atoms with Crippen molar-refractivity contribution in [1.29, 1.82) is 0 Å². The Morgan fingerprint density at radius 1 is 1.23 bits per heavy atom. The number of carbonyl (C=O) groups is 1. The van der Waals surface area contributed by atoms with Gasteiger partial charge in [-0.25, -0.2) is 8.42 Å². The Labute approximate surface area is 128 Å². The number of carbonyl (C=O) groups excluding carboxylic acids is 1. The molecule has 2 heterocycles. The fraction of sp³-hybridized carbons (Fsp3) is 0.200. The fourth-order valence-corrected chi connectivity index (χ4v) is 3.52. The van der Waals surface area contributed by atoms with E-state index in [0.29, 0.717) is 5.69 Å². The number of pyridine rings is 1. The van der Waals surface area contributed by atoms with Gasteiger partial charge in [-0.3, -0.25) is 14.5 Å². The van der Waals surface area contributed by atoms with Crippen molar-refractivity contribution in [3.8, 4) is 0 Å². The van der Waals surface area contributed by atoms with Crippen LogP contribution in [0.5, 0.6) is 0 Å². The highest BCUT2D eigenvalue weighted by Crippen LogP contribution is 2.30. The lowest BCUT2D eigenvalue weighted by atomic mass is 10.2. The Bertz CT molecular complexity index is 862. The van der Waals surface area contributed by atoms with Gasteiger partial charge in [0.1, 0.15) is 0 Å². The molecule has 0 radical (unpaired) electrons. The molecule has 0 saturated carbocycles. The number of anilines is 2. The summed E-state index contributed by atoms with van der Waals surface area (Å²) >= 11 is 0. The van der Waals surface area contributed by atoms with E-state index in [9.17, 15) is 13.2 Å². The highest BCUT2D eigenvalue weighted by molar-refractivity contribution is 7.92. The molecule has 3 rings (SSSR count). The van der Waals surface area contributed by atoms with E-state index >= 15 is 0 Å². The van der Waals surface area contributed by atoms with Crippen molar-refractivity contribution in [3.63, 3.8) is 0 Å². The molecule has 1 aromatic carbocycles. The molecular formula is C15H15N3O3S. The van der Waals surface area contributed by atoms with Crippen molar-refractivity contribution in [3.05, 3.63) is 47.8 Å². The van der Waals surface area contributed by atoms with Gasteiger partial charge in [-0.15, -0.1) is 0 Å². The Hall–Kier alpha value is -2.41. The summed E-state index contributed by atoms with van der Waals surface area (Å²) in [6.45, 7) is 1.83. The zero-order valence-electron chi connectivity index (χ0n) is 12.2. The molecule has 114 valence electrons. The molecule has 1 aliphatic heterocycles. The molecule has 1 aliphatic rings. The van der Waals surface area contributed by atoms with Crippen LogP contribution < -0.4 is 9.62 Å². The maximum atomic E-state index is 12.4. The molecule has 1 amide bonds. The SMILES string of the molecule is Cc1cncc(NS(=O)(=O)c2ccc3c(c2)CC(=O)N3C)c1. The van der Waals surface area contributed by atoms with E-state index in [0.717, 1.165) is 16.8 Å². The summed E-state index contributed by atoms with van der Waals surface area (Å²) in [5.41, 5.74) is 2.74. The standard InChI is InChI=1S/C15H15N3O3S/c1-10-5-12(9-16-8-10)17-22(20,21)13-3-4-14-11(6-13)7-15(19)18(14)2/h3-6,8-9,17H,7H2,1-2H3. The third-order valence-electron chi connectivity index (χ3n) is 3.57. The Morgan fingerprint density at radius 3 is 2.73 bits per heavy atom. The minimum absolute atomic E-state index is 0.0413. The predicted octanol–water partition coefficient (Wildman–Crippen LogP) is 1.71. The van der Waals surface area contributed by atoms with Crippen LogP contribution in [0.15, 0.2) is 41.6 Å². The first-order valence-corrected chi connectivity index (χ1v) is 8.19. The Balaban J connectivity index is 1.94. The number of nitrogens with one attached hydrogen (secondary N) is 1. The molecule has 0 spiro atoms. The molecule has 0 bridgehead atoms. The van der Waals surface area contributed by atoms with E-state index in [-0.39, 0.29) is 17.2 Å². The molecule has 2 aromatic rings. The third kappa shape index (κ3) is 2.55. The average Bonchev–Trinajstić information content (AvgIpc) is 2.73. The third-order valence-corrected chi connectivity index (χ3v) is 4.94. The molecule has 0 saturated heterocycles. The van der Waals surface area contributed by atoms with E-state index in [2.05, 4.69) is 9.71 Å². The predicted molar refractivity (Wildman–Crippen MR) is 83.3 cm³/mol. The van der Waals surface area contributed by atoms with E-state index in [1.165, 1.54) is 17.2 Å². The van der Waals surface area contributed by atoms with Gasteiger partial charge < -0.3 is 4.90 Å². The van der Waals surface area contributed by atoms with Crippen LogP contribution in [0, 0.1) is 6.92 Å². The second-order valence-corrected chi connectivity index (χ2v) is 6.96. The highest BCUT2D eigenvalue weighted by Gasteiger charge is 2.26. The van der Waals surface area contributed by atoms with Gasteiger partial charge >= 0.3 is 0 Å².